The predicted molar refractivity (Wildman–Crippen MR) is 58.8 cm³/mol. The van der Waals surface area contributed by atoms with Crippen molar-refractivity contribution >= 4 is 21.4 Å². The highest BCUT2D eigenvalue weighted by molar-refractivity contribution is 7.90. The third kappa shape index (κ3) is 3.17. The van der Waals surface area contributed by atoms with E-state index in [2.05, 4.69) is 10.2 Å². The Morgan fingerprint density at radius 3 is 2.53 bits per heavy atom. The minimum Gasteiger partial charge on any atom is -0.298 e. The summed E-state index contributed by atoms with van der Waals surface area (Å²) >= 11 is 5.84. The van der Waals surface area contributed by atoms with Gasteiger partial charge >= 0.3 is 0 Å². The molecule has 1 rings (SSSR count). The highest BCUT2D eigenvalue weighted by Crippen LogP contribution is 2.17. The molecule has 1 aromatic heterocycles. The molecular weight excluding hydrogens is 238 g/mol. The molecule has 0 fully saturated rings. The van der Waals surface area contributed by atoms with Crippen LogP contribution in [0.15, 0.2) is 0 Å². The minimum atomic E-state index is -3.03. The highest BCUT2D eigenvalue weighted by atomic mass is 35.5. The second-order valence-corrected chi connectivity index (χ2v) is 6.07. The number of nitrogens with zero attached hydrogens (tertiary/aromatic N) is 3. The largest absolute Gasteiger partial charge is 0.298 e. The number of sulfone groups is 1. The molecule has 1 atom stereocenters. The molecule has 0 bridgehead atoms. The van der Waals surface area contributed by atoms with Crippen LogP contribution in [-0.4, -0.2) is 35.2 Å². The van der Waals surface area contributed by atoms with Crippen LogP contribution in [0.3, 0.4) is 0 Å². The summed E-state index contributed by atoms with van der Waals surface area (Å²) in [5, 5.41) is 7.83. The second kappa shape index (κ2) is 4.49. The van der Waals surface area contributed by atoms with Gasteiger partial charge in [0.15, 0.2) is 0 Å². The first-order chi connectivity index (χ1) is 6.85. The van der Waals surface area contributed by atoms with Crippen molar-refractivity contribution in [3.05, 3.63) is 11.1 Å². The molecule has 0 N–H and O–H groups in total. The van der Waals surface area contributed by atoms with Gasteiger partial charge in [-0.2, -0.15) is 0 Å². The molecule has 0 aromatic carbocycles. The third-order valence-electron chi connectivity index (χ3n) is 2.03. The Morgan fingerprint density at radius 2 is 2.07 bits per heavy atom. The Balaban J connectivity index is 2.99. The van der Waals surface area contributed by atoms with E-state index in [-0.39, 0.29) is 17.1 Å². The van der Waals surface area contributed by atoms with E-state index in [1.165, 1.54) is 6.26 Å². The van der Waals surface area contributed by atoms with E-state index in [0.29, 0.717) is 12.2 Å². The van der Waals surface area contributed by atoms with Crippen molar-refractivity contribution < 1.29 is 8.42 Å². The molecule has 1 aromatic rings. The van der Waals surface area contributed by atoms with Crippen LogP contribution in [0, 0.1) is 0 Å². The van der Waals surface area contributed by atoms with Crippen LogP contribution < -0.4 is 0 Å². The van der Waals surface area contributed by atoms with Gasteiger partial charge in [0.1, 0.15) is 15.7 Å². The lowest BCUT2D eigenvalue weighted by Gasteiger charge is -2.14. The molecule has 0 saturated carbocycles. The highest BCUT2D eigenvalue weighted by Gasteiger charge is 2.18. The Morgan fingerprint density at radius 1 is 1.47 bits per heavy atom. The SMILES string of the molecule is CCc1nnc(Cl)n1C(C)CS(C)(=O)=O. The second-order valence-electron chi connectivity index (χ2n) is 3.55. The van der Waals surface area contributed by atoms with Crippen LogP contribution in [0.2, 0.25) is 5.28 Å². The molecule has 7 heteroatoms. The quantitative estimate of drug-likeness (QED) is 0.804. The van der Waals surface area contributed by atoms with Gasteiger partial charge in [0.2, 0.25) is 5.28 Å². The molecule has 1 unspecified atom stereocenters. The summed E-state index contributed by atoms with van der Waals surface area (Å²) in [6.45, 7) is 3.71. The van der Waals surface area contributed by atoms with Crippen LogP contribution >= 0.6 is 11.6 Å². The fourth-order valence-electron chi connectivity index (χ4n) is 1.49. The average Bonchev–Trinajstić information content (AvgIpc) is 2.43. The summed E-state index contributed by atoms with van der Waals surface area (Å²) in [6.07, 6.45) is 1.88. The van der Waals surface area contributed by atoms with E-state index in [1.807, 2.05) is 6.92 Å². The third-order valence-corrected chi connectivity index (χ3v) is 3.37. The van der Waals surface area contributed by atoms with Crippen molar-refractivity contribution in [2.45, 2.75) is 26.3 Å². The van der Waals surface area contributed by atoms with Crippen molar-refractivity contribution in [3.8, 4) is 0 Å². The number of rotatable bonds is 4. The van der Waals surface area contributed by atoms with E-state index in [9.17, 15) is 8.42 Å². The molecule has 0 spiro atoms. The molecule has 15 heavy (non-hydrogen) atoms. The molecule has 0 saturated heterocycles. The van der Waals surface area contributed by atoms with Gasteiger partial charge in [-0.25, -0.2) is 8.42 Å². The summed E-state index contributed by atoms with van der Waals surface area (Å²) in [5.41, 5.74) is 0. The van der Waals surface area contributed by atoms with Gasteiger partial charge in [-0.15, -0.1) is 10.2 Å². The van der Waals surface area contributed by atoms with Gasteiger partial charge in [-0.1, -0.05) is 6.92 Å². The van der Waals surface area contributed by atoms with E-state index in [1.54, 1.807) is 11.5 Å². The van der Waals surface area contributed by atoms with Crippen molar-refractivity contribution in [3.63, 3.8) is 0 Å². The fourth-order valence-corrected chi connectivity index (χ4v) is 2.82. The predicted octanol–water partition coefficient (Wildman–Crippen LogP) is 1.10. The maximum atomic E-state index is 11.2. The van der Waals surface area contributed by atoms with Gasteiger partial charge in [-0.05, 0) is 18.5 Å². The fraction of sp³-hybridized carbons (Fsp3) is 0.750. The first kappa shape index (κ1) is 12.4. The Hall–Kier alpha value is -0.620. The normalized spacial score (nSPS) is 14.1. The molecule has 0 aliphatic carbocycles. The smallest absolute Gasteiger partial charge is 0.225 e. The number of aromatic nitrogens is 3. The summed E-state index contributed by atoms with van der Waals surface area (Å²) in [4.78, 5) is 0. The molecule has 1 heterocycles. The number of aryl methyl sites for hydroxylation is 1. The van der Waals surface area contributed by atoms with Crippen LogP contribution in [0.1, 0.15) is 25.7 Å². The first-order valence-corrected chi connectivity index (χ1v) is 7.06. The molecule has 0 radical (unpaired) electrons. The summed E-state index contributed by atoms with van der Waals surface area (Å²) in [7, 11) is -3.03. The number of hydrogen-bond donors (Lipinski definition) is 0. The topological polar surface area (TPSA) is 64.8 Å². The van der Waals surface area contributed by atoms with Gasteiger partial charge in [0.05, 0.1) is 5.75 Å². The average molecular weight is 252 g/mol. The summed E-state index contributed by atoms with van der Waals surface area (Å²) < 4.78 is 24.0. The molecule has 0 aliphatic heterocycles. The number of hydrogen-bond acceptors (Lipinski definition) is 4. The molecule has 0 aliphatic rings. The van der Waals surface area contributed by atoms with E-state index in [0.717, 1.165) is 0 Å². The monoisotopic (exact) mass is 251 g/mol. The lowest BCUT2D eigenvalue weighted by molar-refractivity contribution is 0.547. The lowest BCUT2D eigenvalue weighted by atomic mass is 10.3. The summed E-state index contributed by atoms with van der Waals surface area (Å²) in [6, 6.07) is -0.238. The zero-order valence-corrected chi connectivity index (χ0v) is 10.5. The van der Waals surface area contributed by atoms with Crippen LogP contribution in [0.25, 0.3) is 0 Å². The van der Waals surface area contributed by atoms with Gasteiger partial charge in [0, 0.05) is 18.7 Å². The zero-order valence-electron chi connectivity index (χ0n) is 8.94. The minimum absolute atomic E-state index is 0.0394. The molecular formula is C8H14ClN3O2S. The van der Waals surface area contributed by atoms with E-state index < -0.39 is 9.84 Å². The van der Waals surface area contributed by atoms with Crippen LogP contribution in [-0.2, 0) is 16.3 Å². The zero-order chi connectivity index (χ0) is 11.6. The maximum Gasteiger partial charge on any atom is 0.225 e. The summed E-state index contributed by atoms with van der Waals surface area (Å²) in [5.74, 6) is 0.744. The van der Waals surface area contributed by atoms with Crippen LogP contribution in [0.4, 0.5) is 0 Å². The molecule has 86 valence electrons. The standard InChI is InChI=1S/C8H14ClN3O2S/c1-4-7-10-11-8(9)12(7)6(2)5-15(3,13)14/h6H,4-5H2,1-3H3. The van der Waals surface area contributed by atoms with E-state index in [4.69, 9.17) is 11.6 Å². The van der Waals surface area contributed by atoms with Gasteiger partial charge in [-0.3, -0.25) is 4.57 Å². The van der Waals surface area contributed by atoms with Crippen molar-refractivity contribution in [1.82, 2.24) is 14.8 Å². The Bertz CT molecular complexity index is 441. The molecule has 5 nitrogen and oxygen atoms in total. The van der Waals surface area contributed by atoms with Crippen LogP contribution in [0.5, 0.6) is 0 Å². The number of halogens is 1. The van der Waals surface area contributed by atoms with Crippen molar-refractivity contribution in [1.29, 1.82) is 0 Å². The van der Waals surface area contributed by atoms with Gasteiger partial charge in [0.25, 0.3) is 0 Å². The first-order valence-electron chi connectivity index (χ1n) is 4.62. The lowest BCUT2D eigenvalue weighted by Crippen LogP contribution is -2.18. The maximum absolute atomic E-state index is 11.2. The van der Waals surface area contributed by atoms with Crippen molar-refractivity contribution in [2.24, 2.45) is 0 Å². The molecule has 0 amide bonds. The Kier molecular flexibility index (Phi) is 3.72. The van der Waals surface area contributed by atoms with E-state index >= 15 is 0 Å². The Labute approximate surface area is 94.4 Å². The van der Waals surface area contributed by atoms with Gasteiger partial charge < -0.3 is 0 Å². The van der Waals surface area contributed by atoms with Crippen molar-refractivity contribution in [2.75, 3.05) is 12.0 Å².